The number of quaternary nitrogens is 1. The zero-order valence-corrected chi connectivity index (χ0v) is 68.9. The highest BCUT2D eigenvalue weighted by molar-refractivity contribution is 5.70. The minimum absolute atomic E-state index is 0.150. The van der Waals surface area contributed by atoms with Crippen LogP contribution in [0.2, 0.25) is 0 Å². The quantitative estimate of drug-likeness (QED) is 0.0195. The lowest BCUT2D eigenvalue weighted by molar-refractivity contribution is -0.870. The molecule has 0 bridgehead atoms. The molecule has 0 aliphatic heterocycles. The van der Waals surface area contributed by atoms with Gasteiger partial charge >= 0.3 is 11.9 Å². The van der Waals surface area contributed by atoms with Gasteiger partial charge in [0.05, 0.1) is 40.3 Å². The monoisotopic (exact) mass is 1440 g/mol. The Balaban J connectivity index is 3.90. The third-order valence-corrected chi connectivity index (χ3v) is 20.1. The number of likely N-dealkylation sites (N-methyl/N-ethyl adjacent to an activating group) is 1. The molecule has 0 aromatic heterocycles. The van der Waals surface area contributed by atoms with Crippen molar-refractivity contribution in [1.29, 1.82) is 0 Å². The zero-order valence-electron chi connectivity index (χ0n) is 68.9. The van der Waals surface area contributed by atoms with Crippen molar-refractivity contribution in [2.24, 2.45) is 0 Å². The fourth-order valence-electron chi connectivity index (χ4n) is 13.4. The van der Waals surface area contributed by atoms with Crippen LogP contribution in [-0.2, 0) is 33.3 Å². The lowest BCUT2D eigenvalue weighted by Gasteiger charge is -2.26. The van der Waals surface area contributed by atoms with Crippen molar-refractivity contribution in [1.82, 2.24) is 0 Å². The second-order valence-corrected chi connectivity index (χ2v) is 31.5. The van der Waals surface area contributed by atoms with E-state index < -0.39 is 24.3 Å². The summed E-state index contributed by atoms with van der Waals surface area (Å²) < 4.78 is 22.9. The van der Waals surface area contributed by atoms with Gasteiger partial charge in [-0.15, -0.1) is 0 Å². The first-order valence-corrected chi connectivity index (χ1v) is 44.7. The van der Waals surface area contributed by atoms with Crippen molar-refractivity contribution in [3.8, 4) is 0 Å². The molecule has 0 aliphatic rings. The van der Waals surface area contributed by atoms with Crippen molar-refractivity contribution in [2.75, 3.05) is 47.5 Å². The molecule has 0 N–H and O–H groups in total. The predicted octanol–water partition coefficient (Wildman–Crippen LogP) is 27.9. The summed E-state index contributed by atoms with van der Waals surface area (Å²) in [5, 5.41) is 11.9. The number of carboxylic acid groups (broad SMARTS) is 1. The number of hydrogen-bond acceptors (Lipinski definition) is 8. The Morgan fingerprint density at radius 2 is 0.553 bits per heavy atom. The summed E-state index contributed by atoms with van der Waals surface area (Å²) in [7, 11) is 5.96. The second kappa shape index (κ2) is 84.1. The fourth-order valence-corrected chi connectivity index (χ4v) is 13.4. The Hall–Kier alpha value is -3.53. The van der Waals surface area contributed by atoms with Gasteiger partial charge < -0.3 is 33.3 Å². The molecular weight excluding hydrogens is 1270 g/mol. The first-order chi connectivity index (χ1) is 50.6. The maximum Gasteiger partial charge on any atom is 0.306 e. The first kappa shape index (κ1) is 99.5. The minimum Gasteiger partial charge on any atom is -0.545 e. The smallest absolute Gasteiger partial charge is 0.306 e. The number of unbranched alkanes of at least 4 members (excludes halogenated alkanes) is 55. The van der Waals surface area contributed by atoms with Gasteiger partial charge in [0, 0.05) is 12.8 Å². The topological polar surface area (TPSA) is 111 Å². The molecule has 2 unspecified atom stereocenters. The Labute approximate surface area is 640 Å². The largest absolute Gasteiger partial charge is 0.545 e. The van der Waals surface area contributed by atoms with E-state index >= 15 is 0 Å². The van der Waals surface area contributed by atoms with E-state index in [4.69, 9.17) is 18.9 Å². The summed E-state index contributed by atoms with van der Waals surface area (Å²) in [6.07, 6.45) is 113. The molecule has 0 saturated heterocycles. The Kier molecular flexibility index (Phi) is 81.2. The highest BCUT2D eigenvalue weighted by Crippen LogP contribution is 2.20. The van der Waals surface area contributed by atoms with Crippen molar-refractivity contribution < 1.29 is 42.9 Å². The molecular formula is C94H171NO8. The molecule has 0 aliphatic carbocycles. The fraction of sp³-hybridized carbons (Fsp3) is 0.819. The number of nitrogens with zero attached hydrogens (tertiary/aromatic N) is 1. The number of hydrogen-bond donors (Lipinski definition) is 0. The normalized spacial score (nSPS) is 13.0. The van der Waals surface area contributed by atoms with Crippen LogP contribution < -0.4 is 5.11 Å². The van der Waals surface area contributed by atoms with E-state index in [1.807, 2.05) is 21.1 Å². The van der Waals surface area contributed by atoms with E-state index in [1.54, 1.807) is 0 Å². The maximum absolute atomic E-state index is 13.0. The minimum atomic E-state index is -1.62. The van der Waals surface area contributed by atoms with E-state index in [0.717, 1.165) is 77.0 Å². The van der Waals surface area contributed by atoms with Crippen molar-refractivity contribution in [3.05, 3.63) is 85.1 Å². The lowest BCUT2D eigenvalue weighted by atomic mass is 10.0. The van der Waals surface area contributed by atoms with Gasteiger partial charge in [-0.2, -0.15) is 0 Å². The molecule has 2 atom stereocenters. The van der Waals surface area contributed by atoms with Crippen LogP contribution in [0.4, 0.5) is 0 Å². The number of aliphatic carboxylic acids is 1. The number of carbonyl (C=O) groups is 3. The SMILES string of the molecule is CC/C=C\C/C=C\C/C=C\C/C=C\CCCCCCCCCCCCCCCCCCCCCCCCCCC(=O)OC(COC(=O)CCCCCCCCCCCCCCCCCCCCCCCCCCCC/C=C\C/C=C\C/C=C\CCCCCCC)COC(OCC[N+](C)(C)C)C(=O)[O-]. The molecule has 9 nitrogen and oxygen atoms in total. The van der Waals surface area contributed by atoms with Crippen LogP contribution >= 0.6 is 0 Å². The highest BCUT2D eigenvalue weighted by Gasteiger charge is 2.22. The summed E-state index contributed by atoms with van der Waals surface area (Å²) in [4.78, 5) is 37.7. The standard InChI is InChI=1S/C94H171NO8/c1-6-8-10-12-14-16-18-20-22-24-26-28-30-32-34-36-38-40-42-44-45-46-47-49-50-52-54-56-58-60-62-64-66-68-70-72-74-76-78-80-82-84-91(96)101-88-90(89-102-94(93(98)99)100-87-86-95(3,4)5)103-92(97)85-83-81-79-77-75-73-71-69-67-65-63-61-59-57-55-53-51-48-43-41-39-37-35-33-31-29-27-25-23-21-19-17-15-13-11-9-7-2/h9,11,15,17-18,20-21,23-24,26-27,29-30,32,90,94H,6-8,10,12-14,16,19,22,25,28,31,33-89H2,1-5H3/b11-9-,17-15-,20-18-,23-21-,26-24-,29-27-,32-30-. The lowest BCUT2D eigenvalue weighted by Crippen LogP contribution is -2.44. The van der Waals surface area contributed by atoms with Gasteiger partial charge in [0.1, 0.15) is 13.2 Å². The molecule has 0 fully saturated rings. The van der Waals surface area contributed by atoms with Gasteiger partial charge in [0.25, 0.3) is 0 Å². The third-order valence-electron chi connectivity index (χ3n) is 20.1. The van der Waals surface area contributed by atoms with Gasteiger partial charge in [-0.25, -0.2) is 0 Å². The molecule has 0 saturated carbocycles. The van der Waals surface area contributed by atoms with Crippen LogP contribution in [-0.4, -0.2) is 82.3 Å². The van der Waals surface area contributed by atoms with Crippen LogP contribution in [0.25, 0.3) is 0 Å². The molecule has 0 heterocycles. The van der Waals surface area contributed by atoms with E-state index in [0.29, 0.717) is 17.4 Å². The summed E-state index contributed by atoms with van der Waals surface area (Å²) in [5.41, 5.74) is 0. The Morgan fingerprint density at radius 3 is 0.825 bits per heavy atom. The first-order valence-electron chi connectivity index (χ1n) is 44.7. The summed E-state index contributed by atoms with van der Waals surface area (Å²) >= 11 is 0. The van der Waals surface area contributed by atoms with Gasteiger partial charge in [-0.05, 0) is 89.9 Å². The van der Waals surface area contributed by atoms with Crippen molar-refractivity contribution >= 4 is 17.9 Å². The molecule has 0 aromatic rings. The molecule has 0 radical (unpaired) electrons. The van der Waals surface area contributed by atoms with E-state index in [2.05, 4.69) is 98.9 Å². The van der Waals surface area contributed by atoms with Gasteiger partial charge in [0.15, 0.2) is 12.4 Å². The average molecular weight is 1440 g/mol. The predicted molar refractivity (Wildman–Crippen MR) is 444 cm³/mol. The van der Waals surface area contributed by atoms with E-state index in [1.165, 1.54) is 334 Å². The van der Waals surface area contributed by atoms with Crippen molar-refractivity contribution in [2.45, 2.75) is 450 Å². The van der Waals surface area contributed by atoms with Crippen LogP contribution in [0.3, 0.4) is 0 Å². The molecule has 0 rings (SSSR count). The number of esters is 2. The summed E-state index contributed by atoms with van der Waals surface area (Å²) in [6.45, 7) is 4.69. The van der Waals surface area contributed by atoms with Crippen LogP contribution in [0, 0.1) is 0 Å². The number of carbonyl (C=O) groups excluding carboxylic acids is 3. The maximum atomic E-state index is 13.0. The molecule has 103 heavy (non-hydrogen) atoms. The Morgan fingerprint density at radius 1 is 0.301 bits per heavy atom. The molecule has 9 heteroatoms. The zero-order chi connectivity index (χ0) is 74.6. The third kappa shape index (κ3) is 85.6. The number of carboxylic acids is 1. The second-order valence-electron chi connectivity index (χ2n) is 31.5. The molecule has 0 amide bonds. The molecule has 600 valence electrons. The van der Waals surface area contributed by atoms with Crippen molar-refractivity contribution in [3.63, 3.8) is 0 Å². The summed E-state index contributed by atoms with van der Waals surface area (Å²) in [6, 6.07) is 0. The van der Waals surface area contributed by atoms with E-state index in [9.17, 15) is 19.5 Å². The molecule has 0 spiro atoms. The van der Waals surface area contributed by atoms with Gasteiger partial charge in [0.2, 0.25) is 0 Å². The van der Waals surface area contributed by atoms with Gasteiger partial charge in [-0.3, -0.25) is 9.59 Å². The number of ether oxygens (including phenoxy) is 4. The van der Waals surface area contributed by atoms with Gasteiger partial charge in [-0.1, -0.05) is 420 Å². The number of allylic oxidation sites excluding steroid dienone is 14. The average Bonchev–Trinajstić information content (AvgIpc) is 1.16. The number of rotatable bonds is 84. The Bertz CT molecular complexity index is 1980. The highest BCUT2D eigenvalue weighted by atomic mass is 16.7. The molecule has 0 aromatic carbocycles. The van der Waals surface area contributed by atoms with Crippen LogP contribution in [0.5, 0.6) is 0 Å². The summed E-state index contributed by atoms with van der Waals surface area (Å²) in [5.74, 6) is -2.25. The van der Waals surface area contributed by atoms with Crippen LogP contribution in [0.1, 0.15) is 438 Å². The van der Waals surface area contributed by atoms with Crippen LogP contribution in [0.15, 0.2) is 85.1 Å². The van der Waals surface area contributed by atoms with E-state index in [-0.39, 0.29) is 32.2 Å².